The summed E-state index contributed by atoms with van der Waals surface area (Å²) in [6, 6.07) is 9.38. The number of rotatable bonds is 6. The topological polar surface area (TPSA) is 57.6 Å². The number of carbonyl (C=O) groups excluding carboxylic acids is 1. The van der Waals surface area contributed by atoms with E-state index in [1.807, 2.05) is 37.3 Å². The predicted molar refractivity (Wildman–Crippen MR) is 78.6 cm³/mol. The first-order valence-electron chi connectivity index (χ1n) is 6.11. The van der Waals surface area contributed by atoms with Crippen molar-refractivity contribution in [2.45, 2.75) is 25.5 Å². The van der Waals surface area contributed by atoms with Crippen LogP contribution in [0.1, 0.15) is 20.8 Å². The van der Waals surface area contributed by atoms with Crippen molar-refractivity contribution in [3.63, 3.8) is 0 Å². The minimum atomic E-state index is -0.953. The van der Waals surface area contributed by atoms with E-state index in [1.54, 1.807) is 18.7 Å². The zero-order chi connectivity index (χ0) is 14.5. The summed E-state index contributed by atoms with van der Waals surface area (Å²) >= 11 is 1.14. The molecule has 0 heterocycles. The van der Waals surface area contributed by atoms with Crippen molar-refractivity contribution in [3.05, 3.63) is 30.3 Å². The van der Waals surface area contributed by atoms with Crippen LogP contribution in [0.25, 0.3) is 0 Å². The van der Waals surface area contributed by atoms with Gasteiger partial charge in [-0.15, -0.1) is 11.8 Å². The molecule has 0 atom stereocenters. The number of amides is 1. The van der Waals surface area contributed by atoms with Gasteiger partial charge in [0.15, 0.2) is 0 Å². The number of benzene rings is 1. The SMILES string of the molecule is CCN(C(=O)CSC(C)(C)C(=O)O)c1ccccc1. The van der Waals surface area contributed by atoms with E-state index in [9.17, 15) is 9.59 Å². The third-order valence-electron chi connectivity index (χ3n) is 2.76. The van der Waals surface area contributed by atoms with Gasteiger partial charge in [-0.1, -0.05) is 18.2 Å². The van der Waals surface area contributed by atoms with Crippen molar-refractivity contribution < 1.29 is 14.7 Å². The Morgan fingerprint density at radius 2 is 1.84 bits per heavy atom. The third-order valence-corrected chi connectivity index (χ3v) is 4.04. The van der Waals surface area contributed by atoms with Crippen LogP contribution in [0.5, 0.6) is 0 Å². The number of para-hydroxylation sites is 1. The molecular formula is C14H19NO3S. The number of anilines is 1. The maximum absolute atomic E-state index is 12.2. The smallest absolute Gasteiger partial charge is 0.319 e. The van der Waals surface area contributed by atoms with E-state index < -0.39 is 10.7 Å². The maximum atomic E-state index is 12.2. The Bertz CT molecular complexity index is 445. The van der Waals surface area contributed by atoms with Crippen LogP contribution < -0.4 is 4.90 Å². The minimum Gasteiger partial charge on any atom is -0.480 e. The van der Waals surface area contributed by atoms with Gasteiger partial charge in [0.2, 0.25) is 5.91 Å². The average molecular weight is 281 g/mol. The first-order chi connectivity index (χ1) is 8.88. The summed E-state index contributed by atoms with van der Waals surface area (Å²) in [5.41, 5.74) is 0.837. The van der Waals surface area contributed by atoms with Crippen LogP contribution in [0.15, 0.2) is 30.3 Å². The Balaban J connectivity index is 2.69. The van der Waals surface area contributed by atoms with Crippen LogP contribution in [-0.4, -0.2) is 34.0 Å². The number of carbonyl (C=O) groups is 2. The lowest BCUT2D eigenvalue weighted by molar-refractivity contribution is -0.138. The second-order valence-electron chi connectivity index (χ2n) is 4.58. The molecule has 1 amide bonds. The van der Waals surface area contributed by atoms with Gasteiger partial charge in [-0.05, 0) is 32.9 Å². The third kappa shape index (κ3) is 4.28. The van der Waals surface area contributed by atoms with E-state index in [-0.39, 0.29) is 11.7 Å². The number of aliphatic carboxylic acids is 1. The highest BCUT2D eigenvalue weighted by molar-refractivity contribution is 8.02. The fourth-order valence-electron chi connectivity index (χ4n) is 1.49. The zero-order valence-electron chi connectivity index (χ0n) is 11.4. The molecule has 1 aromatic carbocycles. The van der Waals surface area contributed by atoms with E-state index >= 15 is 0 Å². The van der Waals surface area contributed by atoms with Gasteiger partial charge in [0.05, 0.1) is 5.75 Å². The second kappa shape index (κ2) is 6.61. The zero-order valence-corrected chi connectivity index (χ0v) is 12.2. The Morgan fingerprint density at radius 3 is 2.32 bits per heavy atom. The summed E-state index contributed by atoms with van der Waals surface area (Å²) in [5.74, 6) is -0.830. The summed E-state index contributed by atoms with van der Waals surface area (Å²) < 4.78 is -0.953. The predicted octanol–water partition coefficient (Wildman–Crippen LogP) is 2.64. The van der Waals surface area contributed by atoms with Crippen molar-refractivity contribution in [1.82, 2.24) is 0 Å². The fourth-order valence-corrected chi connectivity index (χ4v) is 2.26. The van der Waals surface area contributed by atoms with Crippen molar-refractivity contribution in [3.8, 4) is 0 Å². The van der Waals surface area contributed by atoms with E-state index in [0.29, 0.717) is 6.54 Å². The monoisotopic (exact) mass is 281 g/mol. The molecule has 0 spiro atoms. The van der Waals surface area contributed by atoms with Crippen LogP contribution in [0, 0.1) is 0 Å². The Morgan fingerprint density at radius 1 is 1.26 bits per heavy atom. The van der Waals surface area contributed by atoms with Crippen LogP contribution in [-0.2, 0) is 9.59 Å². The summed E-state index contributed by atoms with van der Waals surface area (Å²) in [6.07, 6.45) is 0. The molecule has 1 aromatic rings. The number of nitrogens with zero attached hydrogens (tertiary/aromatic N) is 1. The molecule has 1 N–H and O–H groups in total. The van der Waals surface area contributed by atoms with Crippen LogP contribution >= 0.6 is 11.8 Å². The first-order valence-corrected chi connectivity index (χ1v) is 7.10. The highest BCUT2D eigenvalue weighted by Gasteiger charge is 2.29. The van der Waals surface area contributed by atoms with Crippen molar-refractivity contribution in [2.24, 2.45) is 0 Å². The highest BCUT2D eigenvalue weighted by atomic mass is 32.2. The molecule has 104 valence electrons. The number of thioether (sulfide) groups is 1. The normalized spacial score (nSPS) is 11.1. The summed E-state index contributed by atoms with van der Waals surface area (Å²) in [7, 11) is 0. The minimum absolute atomic E-state index is 0.0759. The van der Waals surface area contributed by atoms with Gasteiger partial charge < -0.3 is 10.0 Å². The standard InChI is InChI=1S/C14H19NO3S/c1-4-15(11-8-6-5-7-9-11)12(16)10-19-14(2,3)13(17)18/h5-9H,4,10H2,1-3H3,(H,17,18). The van der Waals surface area contributed by atoms with Crippen molar-refractivity contribution in [2.75, 3.05) is 17.2 Å². The summed E-state index contributed by atoms with van der Waals surface area (Å²) in [4.78, 5) is 24.8. The lowest BCUT2D eigenvalue weighted by Crippen LogP contribution is -2.35. The largest absolute Gasteiger partial charge is 0.480 e. The molecule has 4 nitrogen and oxygen atoms in total. The van der Waals surface area contributed by atoms with E-state index in [0.717, 1.165) is 17.4 Å². The number of hydrogen-bond acceptors (Lipinski definition) is 3. The quantitative estimate of drug-likeness (QED) is 0.871. The molecule has 0 bridgehead atoms. The number of carboxylic acids is 1. The maximum Gasteiger partial charge on any atom is 0.319 e. The molecule has 0 saturated carbocycles. The molecule has 0 unspecified atom stereocenters. The average Bonchev–Trinajstić information content (AvgIpc) is 2.38. The van der Waals surface area contributed by atoms with E-state index in [4.69, 9.17) is 5.11 Å². The van der Waals surface area contributed by atoms with Gasteiger partial charge in [0, 0.05) is 12.2 Å². The lowest BCUT2D eigenvalue weighted by atomic mass is 10.2. The van der Waals surface area contributed by atoms with Gasteiger partial charge in [-0.25, -0.2) is 0 Å². The van der Waals surface area contributed by atoms with Gasteiger partial charge in [0.25, 0.3) is 0 Å². The number of hydrogen-bond donors (Lipinski definition) is 1. The fraction of sp³-hybridized carbons (Fsp3) is 0.429. The Hall–Kier alpha value is -1.49. The molecule has 0 aliphatic rings. The second-order valence-corrected chi connectivity index (χ2v) is 6.18. The molecule has 19 heavy (non-hydrogen) atoms. The molecule has 0 aromatic heterocycles. The summed E-state index contributed by atoms with van der Waals surface area (Å²) in [6.45, 7) is 5.67. The van der Waals surface area contributed by atoms with Gasteiger partial charge >= 0.3 is 5.97 Å². The Labute approximate surface area is 117 Å². The van der Waals surface area contributed by atoms with E-state index in [2.05, 4.69) is 0 Å². The van der Waals surface area contributed by atoms with Crippen LogP contribution in [0.4, 0.5) is 5.69 Å². The van der Waals surface area contributed by atoms with Crippen molar-refractivity contribution in [1.29, 1.82) is 0 Å². The number of carboxylic acid groups (broad SMARTS) is 1. The molecule has 0 saturated heterocycles. The molecule has 0 fully saturated rings. The van der Waals surface area contributed by atoms with Gasteiger partial charge in [-0.2, -0.15) is 0 Å². The van der Waals surface area contributed by atoms with Gasteiger partial charge in [0.1, 0.15) is 4.75 Å². The summed E-state index contributed by atoms with van der Waals surface area (Å²) in [5, 5.41) is 9.02. The Kier molecular flexibility index (Phi) is 5.42. The molecular weight excluding hydrogens is 262 g/mol. The molecule has 0 aliphatic carbocycles. The molecule has 5 heteroatoms. The van der Waals surface area contributed by atoms with Crippen molar-refractivity contribution >= 4 is 29.3 Å². The molecule has 0 aliphatic heterocycles. The molecule has 1 rings (SSSR count). The van der Waals surface area contributed by atoms with Crippen LogP contribution in [0.2, 0.25) is 0 Å². The highest BCUT2D eigenvalue weighted by Crippen LogP contribution is 2.25. The van der Waals surface area contributed by atoms with Crippen LogP contribution in [0.3, 0.4) is 0 Å². The molecule has 0 radical (unpaired) electrons. The van der Waals surface area contributed by atoms with E-state index in [1.165, 1.54) is 0 Å². The van der Waals surface area contributed by atoms with Gasteiger partial charge in [-0.3, -0.25) is 9.59 Å². The lowest BCUT2D eigenvalue weighted by Gasteiger charge is -2.23. The first kappa shape index (κ1) is 15.6.